The molecule has 2 unspecified atom stereocenters. The second-order valence-electron chi connectivity index (χ2n) is 13.2. The van der Waals surface area contributed by atoms with Crippen LogP contribution in [0.5, 0.6) is 0 Å². The van der Waals surface area contributed by atoms with Gasteiger partial charge in [0, 0.05) is 38.4 Å². The number of aromatic nitrogens is 4. The number of morpholine rings is 1. The van der Waals surface area contributed by atoms with E-state index < -0.39 is 35.0 Å². The van der Waals surface area contributed by atoms with Gasteiger partial charge in [-0.3, -0.25) is 4.79 Å². The van der Waals surface area contributed by atoms with Crippen LogP contribution in [0.3, 0.4) is 0 Å². The Kier molecular flexibility index (Phi) is 9.02. The molecule has 1 saturated carbocycles. The van der Waals surface area contributed by atoms with Crippen molar-refractivity contribution in [2.24, 2.45) is 11.8 Å². The fraction of sp³-hybridized carbons (Fsp3) is 0.500. The van der Waals surface area contributed by atoms with Crippen molar-refractivity contribution in [1.82, 2.24) is 25.3 Å². The summed E-state index contributed by atoms with van der Waals surface area (Å²) in [6.07, 6.45) is -0.753. The Morgan fingerprint density at radius 3 is 2.38 bits per heavy atom. The lowest BCUT2D eigenvalue weighted by atomic mass is 9.92. The van der Waals surface area contributed by atoms with Crippen LogP contribution in [0.25, 0.3) is 11.4 Å². The molecule has 16 heteroatoms. The number of piperidine rings is 1. The van der Waals surface area contributed by atoms with E-state index in [1.54, 1.807) is 6.07 Å². The molecule has 3 aromatic heterocycles. The molecule has 48 heavy (non-hydrogen) atoms. The minimum absolute atomic E-state index is 0.0411. The molecule has 5 heterocycles. The largest absolute Gasteiger partial charge is 0.444 e. The summed E-state index contributed by atoms with van der Waals surface area (Å²) in [5, 5.41) is 5.79. The fourth-order valence-corrected chi connectivity index (χ4v) is 6.53. The molecule has 0 spiro atoms. The molecule has 6 rings (SSSR count). The molecule has 2 bridgehead atoms. The predicted octanol–water partition coefficient (Wildman–Crippen LogP) is 4.36. The summed E-state index contributed by atoms with van der Waals surface area (Å²) in [4.78, 5) is 47.0. The van der Waals surface area contributed by atoms with E-state index in [9.17, 15) is 22.8 Å². The highest BCUT2D eigenvalue weighted by atomic mass is 19.4. The van der Waals surface area contributed by atoms with Crippen LogP contribution >= 0.6 is 0 Å². The molecule has 2 aliphatic heterocycles. The number of pyridine rings is 2. The van der Waals surface area contributed by atoms with Crippen LogP contribution in [0.1, 0.15) is 49.7 Å². The Labute approximate surface area is 275 Å². The zero-order valence-corrected chi connectivity index (χ0v) is 26.9. The number of nitrogen functional groups attached to an aromatic ring is 1. The number of rotatable bonds is 6. The van der Waals surface area contributed by atoms with Gasteiger partial charge in [0.15, 0.2) is 17.3 Å². The number of carbonyl (C=O) groups excluding carboxylic acids is 2. The summed E-state index contributed by atoms with van der Waals surface area (Å²) in [5.74, 6) is -0.190. The number of fused-ring (bicyclic) bond motifs is 2. The van der Waals surface area contributed by atoms with Gasteiger partial charge in [0.05, 0.1) is 30.7 Å². The number of alkyl carbamates (subject to hydrolysis) is 1. The third-order valence-corrected chi connectivity index (χ3v) is 8.66. The van der Waals surface area contributed by atoms with Crippen LogP contribution in [0.15, 0.2) is 36.7 Å². The summed E-state index contributed by atoms with van der Waals surface area (Å²) in [6.45, 7) is 8.43. The first-order chi connectivity index (χ1) is 22.8. The van der Waals surface area contributed by atoms with E-state index in [0.29, 0.717) is 50.9 Å². The molecular formula is C32H38F3N9O4. The average Bonchev–Trinajstić information content (AvgIpc) is 3.25. The van der Waals surface area contributed by atoms with Crippen molar-refractivity contribution in [3.8, 4) is 11.4 Å². The highest BCUT2D eigenvalue weighted by Gasteiger charge is 2.44. The van der Waals surface area contributed by atoms with Gasteiger partial charge in [-0.15, -0.1) is 0 Å². The van der Waals surface area contributed by atoms with Crippen LogP contribution in [0.4, 0.5) is 41.1 Å². The lowest BCUT2D eigenvalue weighted by molar-refractivity contribution is -0.137. The van der Waals surface area contributed by atoms with Gasteiger partial charge in [-0.25, -0.2) is 24.7 Å². The highest BCUT2D eigenvalue weighted by molar-refractivity contribution is 6.06. The van der Waals surface area contributed by atoms with Gasteiger partial charge in [-0.2, -0.15) is 13.2 Å². The molecule has 2 saturated heterocycles. The summed E-state index contributed by atoms with van der Waals surface area (Å²) >= 11 is 0. The standard InChI is InChI=1S/C32H38F3N9O4/c1-31(2,3)48-30(46)41-24-18-6-7-19(24)17-44(16-18)22-5-4-10-37-28(22)42-29(45)26-27(36)38-15-21(39-26)25-20(32(33,34)35)8-9-23(40-25)43-11-13-47-14-12-43/h4-5,8-10,15,18-19,24H,6-7,11-14,16-17H2,1-3H3,(H2,36,38)(H,41,46)(H,37,42,45)/t18-,19?,24?/m0/s1. The number of nitrogens with two attached hydrogens (primary N) is 1. The third kappa shape index (κ3) is 7.22. The number of carbonyl (C=O) groups is 2. The first-order valence-corrected chi connectivity index (χ1v) is 15.8. The number of alkyl halides is 3. The van der Waals surface area contributed by atoms with Gasteiger partial charge in [-0.05, 0) is 69.7 Å². The summed E-state index contributed by atoms with van der Waals surface area (Å²) in [5.41, 5.74) is 3.98. The number of anilines is 4. The number of hydrogen-bond donors (Lipinski definition) is 3. The van der Waals surface area contributed by atoms with Crippen molar-refractivity contribution in [2.75, 3.05) is 60.2 Å². The van der Waals surface area contributed by atoms with E-state index in [4.69, 9.17) is 15.2 Å². The van der Waals surface area contributed by atoms with E-state index in [2.05, 4.69) is 35.5 Å². The van der Waals surface area contributed by atoms with Crippen molar-refractivity contribution in [1.29, 1.82) is 0 Å². The minimum atomic E-state index is -4.74. The number of nitrogens with one attached hydrogen (secondary N) is 2. The number of amides is 2. The fourth-order valence-electron chi connectivity index (χ4n) is 6.53. The Bertz CT molecular complexity index is 1660. The Morgan fingerprint density at radius 1 is 1.00 bits per heavy atom. The van der Waals surface area contributed by atoms with E-state index in [0.717, 1.165) is 25.1 Å². The zero-order chi connectivity index (χ0) is 34.2. The molecule has 3 fully saturated rings. The number of halogens is 3. The average molecular weight is 670 g/mol. The maximum atomic E-state index is 14.1. The molecule has 1 aliphatic carbocycles. The normalized spacial score (nSPS) is 21.2. The van der Waals surface area contributed by atoms with Gasteiger partial charge in [-0.1, -0.05) is 0 Å². The van der Waals surface area contributed by atoms with Crippen LogP contribution < -0.4 is 26.2 Å². The van der Waals surface area contributed by atoms with Gasteiger partial charge >= 0.3 is 12.3 Å². The smallest absolute Gasteiger partial charge is 0.418 e. The molecule has 256 valence electrons. The summed E-state index contributed by atoms with van der Waals surface area (Å²) < 4.78 is 53.1. The number of ether oxygens (including phenoxy) is 2. The Balaban J connectivity index is 1.23. The monoisotopic (exact) mass is 669 g/mol. The van der Waals surface area contributed by atoms with Gasteiger partial charge < -0.3 is 35.6 Å². The zero-order valence-electron chi connectivity index (χ0n) is 26.9. The Hall–Kier alpha value is -4.73. The summed E-state index contributed by atoms with van der Waals surface area (Å²) in [6, 6.07) is 5.79. The van der Waals surface area contributed by atoms with E-state index in [1.807, 2.05) is 31.7 Å². The van der Waals surface area contributed by atoms with E-state index in [1.165, 1.54) is 12.3 Å². The van der Waals surface area contributed by atoms with Crippen LogP contribution in [0.2, 0.25) is 0 Å². The number of nitrogens with zero attached hydrogens (tertiary/aromatic N) is 6. The van der Waals surface area contributed by atoms with Gasteiger partial charge in [0.1, 0.15) is 22.8 Å². The maximum absolute atomic E-state index is 14.1. The first kappa shape index (κ1) is 33.2. The second kappa shape index (κ2) is 13.1. The lowest BCUT2D eigenvalue weighted by Gasteiger charge is -2.40. The van der Waals surface area contributed by atoms with Crippen LogP contribution in [-0.4, -0.2) is 83.0 Å². The van der Waals surface area contributed by atoms with Crippen LogP contribution in [0, 0.1) is 11.8 Å². The Morgan fingerprint density at radius 2 is 1.71 bits per heavy atom. The first-order valence-electron chi connectivity index (χ1n) is 15.8. The van der Waals surface area contributed by atoms with E-state index in [-0.39, 0.29) is 40.9 Å². The molecular weight excluding hydrogens is 631 g/mol. The minimum Gasteiger partial charge on any atom is -0.444 e. The molecule has 3 aromatic rings. The third-order valence-electron chi connectivity index (χ3n) is 8.66. The molecule has 3 aliphatic rings. The topological polar surface area (TPSA) is 161 Å². The quantitative estimate of drug-likeness (QED) is 0.342. The maximum Gasteiger partial charge on any atom is 0.418 e. The van der Waals surface area contributed by atoms with Crippen molar-refractivity contribution in [3.05, 3.63) is 47.9 Å². The lowest BCUT2D eigenvalue weighted by Crippen LogP contribution is -2.53. The van der Waals surface area contributed by atoms with E-state index >= 15 is 0 Å². The number of hydrogen-bond acceptors (Lipinski definition) is 11. The molecule has 3 atom stereocenters. The molecule has 4 N–H and O–H groups in total. The van der Waals surface area contributed by atoms with Gasteiger partial charge in [0.2, 0.25) is 0 Å². The van der Waals surface area contributed by atoms with Crippen molar-refractivity contribution >= 4 is 35.1 Å². The molecule has 2 amide bonds. The molecule has 0 radical (unpaired) electrons. The molecule has 0 aromatic carbocycles. The van der Waals surface area contributed by atoms with Crippen molar-refractivity contribution in [3.63, 3.8) is 0 Å². The van der Waals surface area contributed by atoms with Gasteiger partial charge in [0.25, 0.3) is 5.91 Å². The highest BCUT2D eigenvalue weighted by Crippen LogP contribution is 2.41. The summed E-state index contributed by atoms with van der Waals surface area (Å²) in [7, 11) is 0. The van der Waals surface area contributed by atoms with Crippen molar-refractivity contribution in [2.45, 2.75) is 51.4 Å². The predicted molar refractivity (Wildman–Crippen MR) is 171 cm³/mol. The van der Waals surface area contributed by atoms with Crippen molar-refractivity contribution < 1.29 is 32.2 Å². The molecule has 13 nitrogen and oxygen atoms in total. The van der Waals surface area contributed by atoms with Crippen LogP contribution in [-0.2, 0) is 15.7 Å². The second-order valence-corrected chi connectivity index (χ2v) is 13.2. The SMILES string of the molecule is CC(C)(C)OC(=O)NC1C2CC[C@H]1CN(c1cccnc1NC(=O)c1nc(-c3nc(N4CCOCC4)ccc3C(F)(F)F)cnc1N)C2.